The van der Waals surface area contributed by atoms with E-state index in [1.165, 1.54) is 32.1 Å². The van der Waals surface area contributed by atoms with Crippen molar-refractivity contribution in [3.8, 4) is 0 Å². The van der Waals surface area contributed by atoms with Crippen molar-refractivity contribution < 1.29 is 4.79 Å². The Kier molecular flexibility index (Phi) is 6.26. The first kappa shape index (κ1) is 17.3. The van der Waals surface area contributed by atoms with Crippen LogP contribution in [0.25, 0.3) is 0 Å². The number of carbonyl (C=O) groups excluding carboxylic acids is 1. The van der Waals surface area contributed by atoms with E-state index in [4.69, 9.17) is 0 Å². The molecule has 0 bridgehead atoms. The summed E-state index contributed by atoms with van der Waals surface area (Å²) >= 11 is 0. The SMILES string of the molecule is Cl.O=C(NCC1CCCCC1)C1(n2cccn2)CCNCC1. The van der Waals surface area contributed by atoms with E-state index in [2.05, 4.69) is 15.7 Å². The van der Waals surface area contributed by atoms with Gasteiger partial charge in [0.2, 0.25) is 5.91 Å². The van der Waals surface area contributed by atoms with Crippen molar-refractivity contribution in [3.05, 3.63) is 18.5 Å². The van der Waals surface area contributed by atoms with Crippen LogP contribution in [0.15, 0.2) is 18.5 Å². The first-order chi connectivity index (χ1) is 10.3. The van der Waals surface area contributed by atoms with Gasteiger partial charge >= 0.3 is 0 Å². The molecule has 1 saturated carbocycles. The van der Waals surface area contributed by atoms with Crippen LogP contribution < -0.4 is 10.6 Å². The summed E-state index contributed by atoms with van der Waals surface area (Å²) in [5, 5.41) is 10.9. The van der Waals surface area contributed by atoms with Crippen molar-refractivity contribution >= 4 is 18.3 Å². The molecule has 1 amide bonds. The molecule has 2 N–H and O–H groups in total. The summed E-state index contributed by atoms with van der Waals surface area (Å²) in [6.45, 7) is 2.57. The predicted molar refractivity (Wildman–Crippen MR) is 89.1 cm³/mol. The Morgan fingerprint density at radius 1 is 1.27 bits per heavy atom. The standard InChI is InChI=1S/C16H26N4O.ClH/c21-15(18-13-14-5-2-1-3-6-14)16(7-10-17-11-8-16)20-12-4-9-19-20;/h4,9,12,14,17H,1-3,5-8,10-11,13H2,(H,18,21);1H. The lowest BCUT2D eigenvalue weighted by Crippen LogP contribution is -2.55. The van der Waals surface area contributed by atoms with Gasteiger partial charge < -0.3 is 10.6 Å². The number of rotatable bonds is 4. The maximum absolute atomic E-state index is 12.9. The van der Waals surface area contributed by atoms with E-state index in [9.17, 15) is 4.79 Å². The molecule has 1 aliphatic carbocycles. The second-order valence-electron chi connectivity index (χ2n) is 6.45. The molecule has 0 spiro atoms. The number of aromatic nitrogens is 2. The van der Waals surface area contributed by atoms with Crippen molar-refractivity contribution in [1.29, 1.82) is 0 Å². The van der Waals surface area contributed by atoms with Crippen LogP contribution in [0.3, 0.4) is 0 Å². The normalized spacial score (nSPS) is 21.8. The van der Waals surface area contributed by atoms with Crippen LogP contribution in [0.4, 0.5) is 0 Å². The quantitative estimate of drug-likeness (QED) is 0.890. The Bertz CT molecular complexity index is 451. The third kappa shape index (κ3) is 3.63. The van der Waals surface area contributed by atoms with Crippen molar-refractivity contribution in [2.24, 2.45) is 5.92 Å². The summed E-state index contributed by atoms with van der Waals surface area (Å²) < 4.78 is 1.87. The molecule has 1 saturated heterocycles. The van der Waals surface area contributed by atoms with E-state index in [0.717, 1.165) is 32.5 Å². The van der Waals surface area contributed by atoms with Gasteiger partial charge in [-0.15, -0.1) is 12.4 Å². The average molecular weight is 327 g/mol. The van der Waals surface area contributed by atoms with E-state index in [1.807, 2.05) is 16.9 Å². The Balaban J connectivity index is 0.00000176. The first-order valence-corrected chi connectivity index (χ1v) is 8.30. The lowest BCUT2D eigenvalue weighted by Gasteiger charge is -2.37. The van der Waals surface area contributed by atoms with Crippen LogP contribution >= 0.6 is 12.4 Å². The molecule has 1 aromatic heterocycles. The fourth-order valence-corrected chi connectivity index (χ4v) is 3.72. The minimum Gasteiger partial charge on any atom is -0.354 e. The van der Waals surface area contributed by atoms with Gasteiger partial charge in [0.15, 0.2) is 0 Å². The van der Waals surface area contributed by atoms with Gasteiger partial charge in [0.05, 0.1) is 0 Å². The highest BCUT2D eigenvalue weighted by atomic mass is 35.5. The monoisotopic (exact) mass is 326 g/mol. The molecular formula is C16H27ClN4O. The number of hydrogen-bond donors (Lipinski definition) is 2. The third-order valence-corrected chi connectivity index (χ3v) is 5.07. The van der Waals surface area contributed by atoms with Gasteiger partial charge in [-0.25, -0.2) is 0 Å². The average Bonchev–Trinajstić information content (AvgIpc) is 3.09. The van der Waals surface area contributed by atoms with Crippen LogP contribution in [0, 0.1) is 5.92 Å². The van der Waals surface area contributed by atoms with E-state index in [-0.39, 0.29) is 18.3 Å². The van der Waals surface area contributed by atoms with Crippen LogP contribution in [-0.2, 0) is 10.3 Å². The zero-order valence-electron chi connectivity index (χ0n) is 13.1. The summed E-state index contributed by atoms with van der Waals surface area (Å²) in [5.74, 6) is 0.817. The smallest absolute Gasteiger partial charge is 0.248 e. The van der Waals surface area contributed by atoms with Crippen LogP contribution in [-0.4, -0.2) is 35.3 Å². The molecule has 2 fully saturated rings. The highest BCUT2D eigenvalue weighted by Crippen LogP contribution is 2.28. The molecule has 5 nitrogen and oxygen atoms in total. The maximum Gasteiger partial charge on any atom is 0.248 e. The molecule has 0 unspecified atom stereocenters. The van der Waals surface area contributed by atoms with Crippen molar-refractivity contribution in [2.75, 3.05) is 19.6 Å². The van der Waals surface area contributed by atoms with Crippen molar-refractivity contribution in [1.82, 2.24) is 20.4 Å². The van der Waals surface area contributed by atoms with E-state index < -0.39 is 5.54 Å². The Hall–Kier alpha value is -1.07. The Morgan fingerprint density at radius 2 is 2.00 bits per heavy atom. The number of hydrogen-bond acceptors (Lipinski definition) is 3. The molecule has 22 heavy (non-hydrogen) atoms. The van der Waals surface area contributed by atoms with Gasteiger partial charge in [-0.1, -0.05) is 19.3 Å². The van der Waals surface area contributed by atoms with E-state index in [0.29, 0.717) is 5.92 Å². The Morgan fingerprint density at radius 3 is 2.64 bits per heavy atom. The summed E-state index contributed by atoms with van der Waals surface area (Å²) in [6, 6.07) is 1.90. The second-order valence-corrected chi connectivity index (χ2v) is 6.45. The predicted octanol–water partition coefficient (Wildman–Crippen LogP) is 2.08. The van der Waals surface area contributed by atoms with E-state index >= 15 is 0 Å². The van der Waals surface area contributed by atoms with Crippen molar-refractivity contribution in [3.63, 3.8) is 0 Å². The molecule has 0 radical (unpaired) electrons. The maximum atomic E-state index is 12.9. The summed E-state index contributed by atoms with van der Waals surface area (Å²) in [4.78, 5) is 12.9. The molecule has 2 heterocycles. The molecule has 3 rings (SSSR count). The van der Waals surface area contributed by atoms with Gasteiger partial charge in [0, 0.05) is 18.9 Å². The fraction of sp³-hybridized carbons (Fsp3) is 0.750. The number of carbonyl (C=O) groups is 1. The topological polar surface area (TPSA) is 59.0 Å². The van der Waals surface area contributed by atoms with Crippen LogP contribution in [0.5, 0.6) is 0 Å². The second kappa shape index (κ2) is 7.97. The lowest BCUT2D eigenvalue weighted by atomic mass is 9.86. The first-order valence-electron chi connectivity index (χ1n) is 8.30. The van der Waals surface area contributed by atoms with Gasteiger partial charge in [-0.2, -0.15) is 5.10 Å². The van der Waals surface area contributed by atoms with Crippen molar-refractivity contribution in [2.45, 2.75) is 50.5 Å². The number of nitrogens with zero attached hydrogens (tertiary/aromatic N) is 2. The molecule has 124 valence electrons. The minimum atomic E-state index is -0.497. The summed E-state index contributed by atoms with van der Waals surface area (Å²) in [6.07, 6.45) is 11.8. The lowest BCUT2D eigenvalue weighted by molar-refractivity contribution is -0.132. The zero-order chi connectivity index (χ0) is 14.5. The number of amides is 1. The molecule has 1 aliphatic heterocycles. The third-order valence-electron chi connectivity index (χ3n) is 5.07. The number of halogens is 1. The van der Waals surface area contributed by atoms with Gasteiger partial charge in [0.25, 0.3) is 0 Å². The molecular weight excluding hydrogens is 300 g/mol. The molecule has 2 aliphatic rings. The highest BCUT2D eigenvalue weighted by Gasteiger charge is 2.41. The number of piperidine rings is 1. The molecule has 1 aromatic rings. The van der Waals surface area contributed by atoms with E-state index in [1.54, 1.807) is 6.20 Å². The van der Waals surface area contributed by atoms with Crippen LogP contribution in [0.2, 0.25) is 0 Å². The minimum absolute atomic E-state index is 0. The molecule has 0 aromatic carbocycles. The summed E-state index contributed by atoms with van der Waals surface area (Å²) in [7, 11) is 0. The fourth-order valence-electron chi connectivity index (χ4n) is 3.72. The van der Waals surface area contributed by atoms with Gasteiger partial charge in [0.1, 0.15) is 5.54 Å². The van der Waals surface area contributed by atoms with Crippen LogP contribution in [0.1, 0.15) is 44.9 Å². The molecule has 6 heteroatoms. The zero-order valence-corrected chi connectivity index (χ0v) is 13.9. The summed E-state index contributed by atoms with van der Waals surface area (Å²) in [5.41, 5.74) is -0.497. The number of nitrogens with one attached hydrogen (secondary N) is 2. The van der Waals surface area contributed by atoms with Gasteiger partial charge in [-0.3, -0.25) is 9.48 Å². The highest BCUT2D eigenvalue weighted by molar-refractivity contribution is 5.85. The van der Waals surface area contributed by atoms with Gasteiger partial charge in [-0.05, 0) is 50.8 Å². The Labute approximate surface area is 138 Å². The largest absolute Gasteiger partial charge is 0.354 e. The molecule has 0 atom stereocenters.